The second-order valence-electron chi connectivity index (χ2n) is 4.38. The quantitative estimate of drug-likeness (QED) is 0.814. The first kappa shape index (κ1) is 13.0. The molecule has 0 radical (unpaired) electrons. The van der Waals surface area contributed by atoms with Gasteiger partial charge in [-0.1, -0.05) is 0 Å². The van der Waals surface area contributed by atoms with Gasteiger partial charge in [0.15, 0.2) is 0 Å². The molecule has 1 saturated heterocycles. The number of benzene rings is 1. The van der Waals surface area contributed by atoms with E-state index in [0.717, 1.165) is 18.8 Å². The number of rotatable bonds is 4. The van der Waals surface area contributed by atoms with Gasteiger partial charge in [0.05, 0.1) is 12.8 Å². The highest BCUT2D eigenvalue weighted by atomic mass is 16.5. The van der Waals surface area contributed by atoms with Gasteiger partial charge in [-0.15, -0.1) is 0 Å². The van der Waals surface area contributed by atoms with Gasteiger partial charge in [0.1, 0.15) is 18.0 Å². The summed E-state index contributed by atoms with van der Waals surface area (Å²) in [5, 5.41) is 0. The molecule has 1 aromatic carbocycles. The number of hydrogen-bond acceptors (Lipinski definition) is 5. The van der Waals surface area contributed by atoms with E-state index < -0.39 is 0 Å². The van der Waals surface area contributed by atoms with E-state index in [0.29, 0.717) is 11.4 Å². The maximum atomic E-state index is 5.81. The van der Waals surface area contributed by atoms with Crippen LogP contribution >= 0.6 is 0 Å². The molecule has 2 rings (SSSR count). The number of nitrogen functional groups attached to an aromatic ring is 1. The van der Waals surface area contributed by atoms with Crippen LogP contribution < -0.4 is 15.4 Å². The van der Waals surface area contributed by atoms with Crippen LogP contribution in [0.2, 0.25) is 0 Å². The van der Waals surface area contributed by atoms with Gasteiger partial charge in [0.2, 0.25) is 0 Å². The zero-order chi connectivity index (χ0) is 13.1. The Morgan fingerprint density at radius 1 is 1.11 bits per heavy atom. The minimum Gasteiger partial charge on any atom is -0.495 e. The summed E-state index contributed by atoms with van der Waals surface area (Å²) in [6.45, 7) is 1.62. The molecule has 5 heteroatoms. The number of methoxy groups -OCH3 is 3. The maximum absolute atomic E-state index is 5.81. The van der Waals surface area contributed by atoms with Crippen molar-refractivity contribution in [2.24, 2.45) is 0 Å². The van der Waals surface area contributed by atoms with Crippen LogP contribution in [-0.2, 0) is 9.47 Å². The van der Waals surface area contributed by atoms with Crippen molar-refractivity contribution in [1.29, 1.82) is 0 Å². The van der Waals surface area contributed by atoms with Crippen LogP contribution in [0.3, 0.4) is 0 Å². The Morgan fingerprint density at radius 3 is 2.22 bits per heavy atom. The number of hydrogen-bond donors (Lipinski definition) is 1. The summed E-state index contributed by atoms with van der Waals surface area (Å²) in [6.07, 6.45) is 0.192. The molecule has 1 heterocycles. The van der Waals surface area contributed by atoms with Crippen molar-refractivity contribution >= 4 is 11.4 Å². The summed E-state index contributed by atoms with van der Waals surface area (Å²) >= 11 is 0. The molecule has 1 aromatic rings. The molecule has 2 atom stereocenters. The SMILES string of the molecule is COc1cc(N2CC(OC)C(OC)C2)ccc1N. The third kappa shape index (κ3) is 2.37. The zero-order valence-electron chi connectivity index (χ0n) is 11.1. The third-order valence-electron chi connectivity index (χ3n) is 3.40. The highest BCUT2D eigenvalue weighted by Gasteiger charge is 2.33. The van der Waals surface area contributed by atoms with Gasteiger partial charge in [0, 0.05) is 39.1 Å². The second kappa shape index (κ2) is 5.46. The zero-order valence-corrected chi connectivity index (χ0v) is 11.1. The Balaban J connectivity index is 2.18. The first-order chi connectivity index (χ1) is 8.69. The monoisotopic (exact) mass is 252 g/mol. The lowest BCUT2D eigenvalue weighted by atomic mass is 10.2. The Morgan fingerprint density at radius 2 is 1.72 bits per heavy atom. The fourth-order valence-corrected chi connectivity index (χ4v) is 2.30. The molecule has 0 amide bonds. The number of ether oxygens (including phenoxy) is 3. The number of anilines is 2. The molecule has 100 valence electrons. The average Bonchev–Trinajstić information content (AvgIpc) is 2.82. The lowest BCUT2D eigenvalue weighted by Gasteiger charge is -2.19. The molecule has 0 aliphatic carbocycles. The van der Waals surface area contributed by atoms with Gasteiger partial charge < -0.3 is 24.8 Å². The van der Waals surface area contributed by atoms with Crippen molar-refractivity contribution < 1.29 is 14.2 Å². The van der Waals surface area contributed by atoms with Crippen LogP contribution in [-0.4, -0.2) is 46.6 Å². The average molecular weight is 252 g/mol. The molecule has 0 saturated carbocycles. The lowest BCUT2D eigenvalue weighted by molar-refractivity contribution is -0.00461. The first-order valence-corrected chi connectivity index (χ1v) is 5.93. The summed E-state index contributed by atoms with van der Waals surface area (Å²) in [5.41, 5.74) is 7.53. The van der Waals surface area contributed by atoms with Gasteiger partial charge in [-0.3, -0.25) is 0 Å². The Hall–Kier alpha value is -1.46. The summed E-state index contributed by atoms with van der Waals surface area (Å²) in [7, 11) is 5.04. The van der Waals surface area contributed by atoms with Crippen LogP contribution in [0.5, 0.6) is 5.75 Å². The fourth-order valence-electron chi connectivity index (χ4n) is 2.30. The fraction of sp³-hybridized carbons (Fsp3) is 0.538. The molecule has 2 N–H and O–H groups in total. The number of nitrogens with two attached hydrogens (primary N) is 1. The van der Waals surface area contributed by atoms with Gasteiger partial charge in [-0.25, -0.2) is 0 Å². The highest BCUT2D eigenvalue weighted by molar-refractivity contribution is 5.62. The molecular formula is C13H20N2O3. The predicted octanol–water partition coefficient (Wildman–Crippen LogP) is 1.13. The molecule has 0 aromatic heterocycles. The van der Waals surface area contributed by atoms with Crippen molar-refractivity contribution in [1.82, 2.24) is 0 Å². The summed E-state index contributed by atoms with van der Waals surface area (Å²) in [6, 6.07) is 5.79. The minimum absolute atomic E-state index is 0.0959. The molecule has 18 heavy (non-hydrogen) atoms. The van der Waals surface area contributed by atoms with Crippen molar-refractivity contribution in [3.63, 3.8) is 0 Å². The summed E-state index contributed by atoms with van der Waals surface area (Å²) in [4.78, 5) is 2.21. The topological polar surface area (TPSA) is 57.0 Å². The van der Waals surface area contributed by atoms with Crippen molar-refractivity contribution in [2.75, 3.05) is 45.1 Å². The van der Waals surface area contributed by atoms with E-state index in [-0.39, 0.29) is 12.2 Å². The largest absolute Gasteiger partial charge is 0.495 e. The van der Waals surface area contributed by atoms with E-state index >= 15 is 0 Å². The van der Waals surface area contributed by atoms with Crippen molar-refractivity contribution in [2.45, 2.75) is 12.2 Å². The molecule has 0 spiro atoms. The Bertz CT molecular complexity index is 399. The van der Waals surface area contributed by atoms with Crippen molar-refractivity contribution in [3.05, 3.63) is 18.2 Å². The highest BCUT2D eigenvalue weighted by Crippen LogP contribution is 2.30. The van der Waals surface area contributed by atoms with Crippen LogP contribution in [0, 0.1) is 0 Å². The van der Waals surface area contributed by atoms with E-state index in [1.807, 2.05) is 18.2 Å². The van der Waals surface area contributed by atoms with Gasteiger partial charge in [0.25, 0.3) is 0 Å². The van der Waals surface area contributed by atoms with Crippen LogP contribution in [0.1, 0.15) is 0 Å². The normalized spacial score (nSPS) is 23.4. The lowest BCUT2D eigenvalue weighted by Crippen LogP contribution is -2.27. The molecular weight excluding hydrogens is 232 g/mol. The smallest absolute Gasteiger partial charge is 0.143 e. The molecule has 1 fully saturated rings. The maximum Gasteiger partial charge on any atom is 0.143 e. The van der Waals surface area contributed by atoms with Gasteiger partial charge in [-0.2, -0.15) is 0 Å². The standard InChI is InChI=1S/C13H20N2O3/c1-16-11-6-9(4-5-10(11)14)15-7-12(17-2)13(8-15)18-3/h4-6,12-13H,7-8,14H2,1-3H3. The molecule has 1 aliphatic heterocycles. The molecule has 0 bridgehead atoms. The Kier molecular flexibility index (Phi) is 3.93. The predicted molar refractivity (Wildman–Crippen MR) is 71.2 cm³/mol. The molecule has 5 nitrogen and oxygen atoms in total. The Labute approximate surface area is 107 Å². The van der Waals surface area contributed by atoms with E-state index in [2.05, 4.69) is 4.90 Å². The van der Waals surface area contributed by atoms with Crippen LogP contribution in [0.4, 0.5) is 11.4 Å². The second-order valence-corrected chi connectivity index (χ2v) is 4.38. The summed E-state index contributed by atoms with van der Waals surface area (Å²) in [5.74, 6) is 0.697. The molecule has 2 unspecified atom stereocenters. The third-order valence-corrected chi connectivity index (χ3v) is 3.40. The van der Waals surface area contributed by atoms with Gasteiger partial charge >= 0.3 is 0 Å². The summed E-state index contributed by atoms with van der Waals surface area (Å²) < 4.78 is 16.1. The van der Waals surface area contributed by atoms with Crippen LogP contribution in [0.15, 0.2) is 18.2 Å². The van der Waals surface area contributed by atoms with E-state index in [9.17, 15) is 0 Å². The van der Waals surface area contributed by atoms with Gasteiger partial charge in [-0.05, 0) is 12.1 Å². The molecule has 1 aliphatic rings. The van der Waals surface area contributed by atoms with Crippen molar-refractivity contribution in [3.8, 4) is 5.75 Å². The van der Waals surface area contributed by atoms with E-state index in [4.69, 9.17) is 19.9 Å². The minimum atomic E-state index is 0.0959. The van der Waals surface area contributed by atoms with E-state index in [1.165, 1.54) is 0 Å². The number of nitrogens with zero attached hydrogens (tertiary/aromatic N) is 1. The first-order valence-electron chi connectivity index (χ1n) is 5.93. The van der Waals surface area contributed by atoms with E-state index in [1.54, 1.807) is 21.3 Å². The van der Waals surface area contributed by atoms with Crippen LogP contribution in [0.25, 0.3) is 0 Å².